The molecule has 0 aromatic heterocycles. The number of amides is 2. The molecule has 1 N–H and O–H groups in total. The van der Waals surface area contributed by atoms with Gasteiger partial charge in [0.2, 0.25) is 0 Å². The fourth-order valence-electron chi connectivity index (χ4n) is 4.05. The SMILES string of the molecule is CCN(CC)c1ccc(NC2=C(c3ccc(C)cc3)C(=O)N(c3ccc(C)cc3)C2=O)cc1. The van der Waals surface area contributed by atoms with E-state index in [1.807, 2.05) is 74.5 Å². The Kier molecular flexibility index (Phi) is 6.31. The van der Waals surface area contributed by atoms with Crippen molar-refractivity contribution in [2.45, 2.75) is 27.7 Å². The number of carbonyl (C=O) groups is 2. The van der Waals surface area contributed by atoms with Crippen LogP contribution in [0.1, 0.15) is 30.5 Å². The van der Waals surface area contributed by atoms with E-state index in [4.69, 9.17) is 0 Å². The summed E-state index contributed by atoms with van der Waals surface area (Å²) < 4.78 is 0. The zero-order chi connectivity index (χ0) is 23.5. The Morgan fingerprint density at radius 2 is 1.27 bits per heavy atom. The lowest BCUT2D eigenvalue weighted by Crippen LogP contribution is -2.32. The summed E-state index contributed by atoms with van der Waals surface area (Å²) in [6.45, 7) is 10.1. The predicted molar refractivity (Wildman–Crippen MR) is 135 cm³/mol. The smallest absolute Gasteiger partial charge is 0.282 e. The number of nitrogens with one attached hydrogen (secondary N) is 1. The Bertz CT molecular complexity index is 1190. The van der Waals surface area contributed by atoms with Gasteiger partial charge in [-0.2, -0.15) is 0 Å². The Balaban J connectivity index is 1.73. The van der Waals surface area contributed by atoms with Gasteiger partial charge in [-0.3, -0.25) is 9.59 Å². The van der Waals surface area contributed by atoms with Crippen molar-refractivity contribution in [1.82, 2.24) is 0 Å². The lowest BCUT2D eigenvalue weighted by atomic mass is 10.0. The largest absolute Gasteiger partial charge is 0.372 e. The minimum atomic E-state index is -0.354. The van der Waals surface area contributed by atoms with Gasteiger partial charge in [0.05, 0.1) is 11.3 Å². The molecule has 0 atom stereocenters. The van der Waals surface area contributed by atoms with E-state index in [0.29, 0.717) is 17.0 Å². The van der Waals surface area contributed by atoms with E-state index in [-0.39, 0.29) is 11.8 Å². The molecule has 1 aliphatic heterocycles. The summed E-state index contributed by atoms with van der Waals surface area (Å²) in [5.74, 6) is -0.679. The Morgan fingerprint density at radius 1 is 0.727 bits per heavy atom. The number of carbonyl (C=O) groups excluding carboxylic acids is 2. The van der Waals surface area contributed by atoms with Crippen molar-refractivity contribution in [3.8, 4) is 0 Å². The highest BCUT2D eigenvalue weighted by Gasteiger charge is 2.40. The second-order valence-corrected chi connectivity index (χ2v) is 8.24. The average Bonchev–Trinajstić information content (AvgIpc) is 3.06. The molecule has 3 aromatic carbocycles. The number of rotatable bonds is 7. The molecule has 1 aliphatic rings. The molecule has 0 unspecified atom stereocenters. The van der Waals surface area contributed by atoms with E-state index < -0.39 is 0 Å². The number of hydrogen-bond acceptors (Lipinski definition) is 4. The molecule has 5 nitrogen and oxygen atoms in total. The van der Waals surface area contributed by atoms with E-state index in [1.54, 1.807) is 12.1 Å². The van der Waals surface area contributed by atoms with Gasteiger partial charge in [-0.1, -0.05) is 47.5 Å². The first kappa shape index (κ1) is 22.3. The molecule has 33 heavy (non-hydrogen) atoms. The lowest BCUT2D eigenvalue weighted by Gasteiger charge is -2.21. The summed E-state index contributed by atoms with van der Waals surface area (Å²) in [4.78, 5) is 30.5. The van der Waals surface area contributed by atoms with Crippen LogP contribution in [0.3, 0.4) is 0 Å². The first-order chi connectivity index (χ1) is 15.9. The van der Waals surface area contributed by atoms with Crippen molar-refractivity contribution < 1.29 is 9.59 Å². The zero-order valence-corrected chi connectivity index (χ0v) is 19.6. The standard InChI is InChI=1S/C28H29N3O2/c1-5-30(6-2)23-17-13-22(14-18-23)29-26-25(21-11-7-19(3)8-12-21)27(32)31(28(26)33)24-15-9-20(4)10-16-24/h7-18,29H,5-6H2,1-4H3. The highest BCUT2D eigenvalue weighted by Crippen LogP contribution is 2.34. The Hall–Kier alpha value is -3.86. The molecule has 4 rings (SSSR count). The molecule has 0 spiro atoms. The molecule has 168 valence electrons. The van der Waals surface area contributed by atoms with Crippen LogP contribution in [0.5, 0.6) is 0 Å². The number of nitrogens with zero attached hydrogens (tertiary/aromatic N) is 2. The quantitative estimate of drug-likeness (QED) is 0.491. The van der Waals surface area contributed by atoms with Crippen molar-refractivity contribution in [1.29, 1.82) is 0 Å². The third-order valence-corrected chi connectivity index (χ3v) is 5.98. The topological polar surface area (TPSA) is 52.7 Å². The van der Waals surface area contributed by atoms with Gasteiger partial charge < -0.3 is 10.2 Å². The number of aryl methyl sites for hydroxylation is 2. The van der Waals surface area contributed by atoms with Crippen molar-refractivity contribution in [2.75, 3.05) is 28.2 Å². The summed E-state index contributed by atoms with van der Waals surface area (Å²) >= 11 is 0. The van der Waals surface area contributed by atoms with E-state index >= 15 is 0 Å². The maximum Gasteiger partial charge on any atom is 0.282 e. The minimum Gasteiger partial charge on any atom is -0.372 e. The molecule has 0 aliphatic carbocycles. The zero-order valence-electron chi connectivity index (χ0n) is 19.6. The fourth-order valence-corrected chi connectivity index (χ4v) is 4.05. The molecule has 0 saturated carbocycles. The molecule has 0 fully saturated rings. The van der Waals surface area contributed by atoms with E-state index in [0.717, 1.165) is 41.2 Å². The second kappa shape index (κ2) is 9.33. The minimum absolute atomic E-state index is 0.292. The Morgan fingerprint density at radius 3 is 1.82 bits per heavy atom. The van der Waals surface area contributed by atoms with E-state index in [2.05, 4.69) is 24.1 Å². The van der Waals surface area contributed by atoms with Gasteiger partial charge in [-0.05, 0) is 69.7 Å². The van der Waals surface area contributed by atoms with Crippen LogP contribution >= 0.6 is 0 Å². The summed E-state index contributed by atoms with van der Waals surface area (Å²) in [5.41, 5.74) is 5.99. The van der Waals surface area contributed by atoms with Crippen LogP contribution in [0.4, 0.5) is 17.1 Å². The molecule has 0 radical (unpaired) electrons. The van der Waals surface area contributed by atoms with Gasteiger partial charge >= 0.3 is 0 Å². The van der Waals surface area contributed by atoms with E-state index in [9.17, 15) is 9.59 Å². The van der Waals surface area contributed by atoms with Crippen molar-refractivity contribution in [2.24, 2.45) is 0 Å². The summed E-state index contributed by atoms with van der Waals surface area (Å²) in [5, 5.41) is 3.25. The third kappa shape index (κ3) is 4.40. The normalized spacial score (nSPS) is 13.6. The lowest BCUT2D eigenvalue weighted by molar-refractivity contribution is -0.120. The summed E-state index contributed by atoms with van der Waals surface area (Å²) in [7, 11) is 0. The van der Waals surface area contributed by atoms with E-state index in [1.165, 1.54) is 4.90 Å². The number of benzene rings is 3. The third-order valence-electron chi connectivity index (χ3n) is 5.98. The fraction of sp³-hybridized carbons (Fsp3) is 0.214. The van der Waals surface area contributed by atoms with Crippen molar-refractivity contribution >= 4 is 34.4 Å². The van der Waals surface area contributed by atoms with Crippen LogP contribution in [0.15, 0.2) is 78.5 Å². The maximum atomic E-state index is 13.5. The van der Waals surface area contributed by atoms with Gasteiger partial charge in [-0.25, -0.2) is 4.90 Å². The van der Waals surface area contributed by atoms with Crippen LogP contribution in [-0.4, -0.2) is 24.9 Å². The highest BCUT2D eigenvalue weighted by atomic mass is 16.2. The van der Waals surface area contributed by atoms with Gasteiger partial charge in [-0.15, -0.1) is 0 Å². The average molecular weight is 440 g/mol. The molecular formula is C28H29N3O2. The number of hydrogen-bond donors (Lipinski definition) is 1. The molecule has 1 heterocycles. The van der Waals surface area contributed by atoms with Gasteiger partial charge in [0.15, 0.2) is 0 Å². The monoisotopic (exact) mass is 439 g/mol. The second-order valence-electron chi connectivity index (χ2n) is 8.24. The van der Waals surface area contributed by atoms with Crippen molar-refractivity contribution in [3.05, 3.63) is 95.2 Å². The molecule has 5 heteroatoms. The van der Waals surface area contributed by atoms with Crippen LogP contribution in [-0.2, 0) is 9.59 Å². The molecule has 0 bridgehead atoms. The molecule has 0 saturated heterocycles. The summed E-state index contributed by atoms with van der Waals surface area (Å²) in [6.07, 6.45) is 0. The van der Waals surface area contributed by atoms with Gasteiger partial charge in [0.1, 0.15) is 5.70 Å². The van der Waals surface area contributed by atoms with Gasteiger partial charge in [0, 0.05) is 24.5 Å². The van der Waals surface area contributed by atoms with Gasteiger partial charge in [0.25, 0.3) is 11.8 Å². The molecule has 2 amide bonds. The first-order valence-electron chi connectivity index (χ1n) is 11.3. The molecule has 3 aromatic rings. The number of imide groups is 1. The van der Waals surface area contributed by atoms with Crippen molar-refractivity contribution in [3.63, 3.8) is 0 Å². The van der Waals surface area contributed by atoms with Crippen LogP contribution < -0.4 is 15.1 Å². The predicted octanol–water partition coefficient (Wildman–Crippen LogP) is 5.55. The van der Waals surface area contributed by atoms with Crippen LogP contribution in [0.2, 0.25) is 0 Å². The van der Waals surface area contributed by atoms with Crippen LogP contribution in [0.25, 0.3) is 5.57 Å². The number of anilines is 3. The molecular weight excluding hydrogens is 410 g/mol. The maximum absolute atomic E-state index is 13.5. The summed E-state index contributed by atoms with van der Waals surface area (Å²) in [6, 6.07) is 23.0. The first-order valence-corrected chi connectivity index (χ1v) is 11.3. The highest BCUT2D eigenvalue weighted by molar-refractivity contribution is 6.46. The Labute approximate surface area is 195 Å². The van der Waals surface area contributed by atoms with Crippen LogP contribution in [0, 0.1) is 13.8 Å².